The third-order valence-corrected chi connectivity index (χ3v) is 4.40. The van der Waals surface area contributed by atoms with E-state index < -0.39 is 0 Å². The number of methoxy groups -OCH3 is 1. The van der Waals surface area contributed by atoms with Crippen LogP contribution in [0.3, 0.4) is 0 Å². The van der Waals surface area contributed by atoms with Crippen molar-refractivity contribution in [2.24, 2.45) is 5.92 Å². The van der Waals surface area contributed by atoms with Crippen LogP contribution >= 0.6 is 0 Å². The zero-order valence-electron chi connectivity index (χ0n) is 14.1. The van der Waals surface area contributed by atoms with E-state index in [1.807, 2.05) is 30.3 Å². The van der Waals surface area contributed by atoms with Crippen LogP contribution in [0.1, 0.15) is 18.4 Å². The van der Waals surface area contributed by atoms with Gasteiger partial charge in [-0.3, -0.25) is 4.79 Å². The largest absolute Gasteiger partial charge is 0.497 e. The summed E-state index contributed by atoms with van der Waals surface area (Å²) in [4.78, 5) is 18.9. The molecule has 1 aromatic carbocycles. The van der Waals surface area contributed by atoms with E-state index >= 15 is 0 Å². The van der Waals surface area contributed by atoms with Crippen molar-refractivity contribution in [2.75, 3.05) is 30.4 Å². The Morgan fingerprint density at radius 3 is 2.76 bits per heavy atom. The van der Waals surface area contributed by atoms with Crippen LogP contribution < -0.4 is 15.0 Å². The first-order valence-corrected chi connectivity index (χ1v) is 8.25. The Bertz CT molecular complexity index is 775. The van der Waals surface area contributed by atoms with Gasteiger partial charge in [-0.25, -0.2) is 4.98 Å². The summed E-state index contributed by atoms with van der Waals surface area (Å²) < 4.78 is 5.18. The molecule has 6 heteroatoms. The molecule has 25 heavy (non-hydrogen) atoms. The SMILES string of the molecule is COc1cccc(NC(=O)C2CCN(c3ccc(C#N)cn3)CC2)c1. The Balaban J connectivity index is 1.56. The molecule has 1 N–H and O–H groups in total. The second kappa shape index (κ2) is 7.67. The summed E-state index contributed by atoms with van der Waals surface area (Å²) in [5.74, 6) is 1.60. The van der Waals surface area contributed by atoms with Gasteiger partial charge in [0.05, 0.1) is 12.7 Å². The fourth-order valence-electron chi connectivity index (χ4n) is 2.96. The van der Waals surface area contributed by atoms with Crippen molar-refractivity contribution in [2.45, 2.75) is 12.8 Å². The maximum Gasteiger partial charge on any atom is 0.227 e. The lowest BCUT2D eigenvalue weighted by molar-refractivity contribution is -0.120. The number of anilines is 2. The molecule has 0 spiro atoms. The van der Waals surface area contributed by atoms with Gasteiger partial charge in [0.2, 0.25) is 5.91 Å². The number of carbonyl (C=O) groups excluding carboxylic acids is 1. The van der Waals surface area contributed by atoms with Crippen molar-refractivity contribution >= 4 is 17.4 Å². The molecule has 0 unspecified atom stereocenters. The van der Waals surface area contributed by atoms with Gasteiger partial charge in [-0.2, -0.15) is 5.26 Å². The molecule has 6 nitrogen and oxygen atoms in total. The van der Waals surface area contributed by atoms with Gasteiger partial charge in [-0.1, -0.05) is 6.07 Å². The number of carbonyl (C=O) groups is 1. The van der Waals surface area contributed by atoms with Gasteiger partial charge in [0.15, 0.2) is 0 Å². The topological polar surface area (TPSA) is 78.2 Å². The van der Waals surface area contributed by atoms with Crippen molar-refractivity contribution in [3.63, 3.8) is 0 Å². The van der Waals surface area contributed by atoms with Crippen LogP contribution in [0, 0.1) is 17.2 Å². The van der Waals surface area contributed by atoms with E-state index in [1.165, 1.54) is 0 Å². The van der Waals surface area contributed by atoms with Crippen LogP contribution in [0.5, 0.6) is 5.75 Å². The highest BCUT2D eigenvalue weighted by atomic mass is 16.5. The maximum atomic E-state index is 12.5. The van der Waals surface area contributed by atoms with E-state index in [-0.39, 0.29) is 11.8 Å². The normalized spacial score (nSPS) is 14.6. The lowest BCUT2D eigenvalue weighted by atomic mass is 9.95. The Hall–Kier alpha value is -3.07. The van der Waals surface area contributed by atoms with Gasteiger partial charge in [0.1, 0.15) is 17.6 Å². The molecular formula is C19H20N4O2. The molecule has 1 saturated heterocycles. The predicted octanol–water partition coefficient (Wildman–Crippen LogP) is 2.82. The lowest BCUT2D eigenvalue weighted by Gasteiger charge is -2.32. The molecule has 2 heterocycles. The number of rotatable bonds is 4. The minimum Gasteiger partial charge on any atom is -0.497 e. The van der Waals surface area contributed by atoms with Crippen molar-refractivity contribution in [3.05, 3.63) is 48.2 Å². The summed E-state index contributed by atoms with van der Waals surface area (Å²) >= 11 is 0. The minimum atomic E-state index is -0.0131. The van der Waals surface area contributed by atoms with Gasteiger partial charge < -0.3 is 15.0 Å². The monoisotopic (exact) mass is 336 g/mol. The number of nitrogens with one attached hydrogen (secondary N) is 1. The summed E-state index contributed by atoms with van der Waals surface area (Å²) in [5.41, 5.74) is 1.30. The quantitative estimate of drug-likeness (QED) is 0.929. The third-order valence-electron chi connectivity index (χ3n) is 4.40. The van der Waals surface area contributed by atoms with Crippen molar-refractivity contribution in [1.82, 2.24) is 4.98 Å². The van der Waals surface area contributed by atoms with Crippen LogP contribution in [-0.2, 0) is 4.79 Å². The minimum absolute atomic E-state index is 0.0131. The lowest BCUT2D eigenvalue weighted by Crippen LogP contribution is -2.38. The summed E-state index contributed by atoms with van der Waals surface area (Å²) in [6.45, 7) is 1.55. The van der Waals surface area contributed by atoms with Crippen LogP contribution in [0.4, 0.5) is 11.5 Å². The van der Waals surface area contributed by atoms with Crippen molar-refractivity contribution in [1.29, 1.82) is 5.26 Å². The number of nitriles is 1. The molecule has 1 aliphatic heterocycles. The van der Waals surface area contributed by atoms with E-state index in [4.69, 9.17) is 10.00 Å². The molecule has 0 bridgehead atoms. The highest BCUT2D eigenvalue weighted by Crippen LogP contribution is 2.24. The molecule has 1 aliphatic rings. The smallest absolute Gasteiger partial charge is 0.227 e. The summed E-state index contributed by atoms with van der Waals surface area (Å²) in [6.07, 6.45) is 3.13. The van der Waals surface area contributed by atoms with Gasteiger partial charge in [-0.05, 0) is 37.1 Å². The van der Waals surface area contributed by atoms with Crippen LogP contribution in [-0.4, -0.2) is 31.1 Å². The highest BCUT2D eigenvalue weighted by Gasteiger charge is 2.25. The van der Waals surface area contributed by atoms with Crippen LogP contribution in [0.15, 0.2) is 42.6 Å². The first-order chi connectivity index (χ1) is 12.2. The van der Waals surface area contributed by atoms with E-state index in [9.17, 15) is 4.79 Å². The number of amides is 1. The molecule has 0 aliphatic carbocycles. The molecule has 1 amide bonds. The number of hydrogen-bond acceptors (Lipinski definition) is 5. The zero-order chi connectivity index (χ0) is 17.6. The molecule has 3 rings (SSSR count). The summed E-state index contributed by atoms with van der Waals surface area (Å²) in [6, 6.07) is 13.1. The van der Waals surface area contributed by atoms with E-state index in [0.29, 0.717) is 5.56 Å². The first-order valence-electron chi connectivity index (χ1n) is 8.25. The molecule has 1 aromatic heterocycles. The average Bonchev–Trinajstić information content (AvgIpc) is 2.68. The Labute approximate surface area is 147 Å². The average molecular weight is 336 g/mol. The maximum absolute atomic E-state index is 12.5. The number of hydrogen-bond donors (Lipinski definition) is 1. The second-order valence-electron chi connectivity index (χ2n) is 6.00. The van der Waals surface area contributed by atoms with Gasteiger partial charge >= 0.3 is 0 Å². The van der Waals surface area contributed by atoms with Crippen molar-refractivity contribution < 1.29 is 9.53 Å². The molecular weight excluding hydrogens is 316 g/mol. The molecule has 0 radical (unpaired) electrons. The molecule has 128 valence electrons. The number of piperidine rings is 1. The Morgan fingerprint density at radius 1 is 1.32 bits per heavy atom. The van der Waals surface area contributed by atoms with Gasteiger partial charge in [-0.15, -0.1) is 0 Å². The Morgan fingerprint density at radius 2 is 2.12 bits per heavy atom. The number of aromatic nitrogens is 1. The number of ether oxygens (including phenoxy) is 1. The Kier molecular flexibility index (Phi) is 5.14. The second-order valence-corrected chi connectivity index (χ2v) is 6.00. The van der Waals surface area contributed by atoms with E-state index in [2.05, 4.69) is 21.3 Å². The fraction of sp³-hybridized carbons (Fsp3) is 0.316. The van der Waals surface area contributed by atoms with Crippen molar-refractivity contribution in [3.8, 4) is 11.8 Å². The van der Waals surface area contributed by atoms with Crippen LogP contribution in [0.25, 0.3) is 0 Å². The number of nitrogens with zero attached hydrogens (tertiary/aromatic N) is 3. The van der Waals surface area contributed by atoms with Gasteiger partial charge in [0, 0.05) is 37.0 Å². The molecule has 2 aromatic rings. The van der Waals surface area contributed by atoms with Crippen LogP contribution in [0.2, 0.25) is 0 Å². The summed E-state index contributed by atoms with van der Waals surface area (Å²) in [7, 11) is 1.61. The van der Waals surface area contributed by atoms with E-state index in [1.54, 1.807) is 19.4 Å². The molecule has 0 saturated carbocycles. The number of benzene rings is 1. The standard InChI is InChI=1S/C19H20N4O2/c1-25-17-4-2-3-16(11-17)22-19(24)15-7-9-23(10-8-15)18-6-5-14(12-20)13-21-18/h2-6,11,13,15H,7-10H2,1H3,(H,22,24). The van der Waals surface area contributed by atoms with Gasteiger partial charge in [0.25, 0.3) is 0 Å². The number of pyridine rings is 1. The van der Waals surface area contributed by atoms with E-state index in [0.717, 1.165) is 43.2 Å². The highest BCUT2D eigenvalue weighted by molar-refractivity contribution is 5.92. The molecule has 1 fully saturated rings. The molecule has 0 atom stereocenters. The first kappa shape index (κ1) is 16.8. The third kappa shape index (κ3) is 4.07. The zero-order valence-corrected chi connectivity index (χ0v) is 14.1. The summed E-state index contributed by atoms with van der Waals surface area (Å²) in [5, 5.41) is 11.8. The predicted molar refractivity (Wildman–Crippen MR) is 95.5 cm³/mol. The fourth-order valence-corrected chi connectivity index (χ4v) is 2.96.